The molecule has 1 aliphatic heterocycles. The van der Waals surface area contributed by atoms with Gasteiger partial charge in [0, 0.05) is 32.6 Å². The first-order valence-electron chi connectivity index (χ1n) is 9.49. The number of hydrogen-bond acceptors (Lipinski definition) is 4. The predicted octanol–water partition coefficient (Wildman–Crippen LogP) is 4.19. The Hall–Kier alpha value is -2.70. The molecule has 1 aliphatic carbocycles. The van der Waals surface area contributed by atoms with Crippen molar-refractivity contribution in [1.29, 1.82) is 0 Å². The highest BCUT2D eigenvalue weighted by atomic mass is 35.5. The normalized spacial score (nSPS) is 22.6. The van der Waals surface area contributed by atoms with E-state index in [1.807, 2.05) is 18.2 Å². The average molecular weight is 445 g/mol. The van der Waals surface area contributed by atoms with Crippen molar-refractivity contribution in [3.8, 4) is 11.5 Å². The van der Waals surface area contributed by atoms with Gasteiger partial charge in [-0.05, 0) is 47.9 Å². The van der Waals surface area contributed by atoms with Crippen LogP contribution in [0.15, 0.2) is 30.3 Å². The highest BCUT2D eigenvalue weighted by Gasteiger charge is 2.52. The van der Waals surface area contributed by atoms with Crippen molar-refractivity contribution in [2.75, 3.05) is 14.2 Å². The number of H-pyrrole nitrogens is 1. The molecule has 6 nitrogen and oxygen atoms in total. The number of aromatic nitrogens is 1. The average Bonchev–Trinajstić information content (AvgIpc) is 3.23. The van der Waals surface area contributed by atoms with Crippen molar-refractivity contribution in [2.24, 2.45) is 5.92 Å². The smallest absolute Gasteiger partial charge is 0.235 e. The van der Waals surface area contributed by atoms with E-state index in [-0.39, 0.29) is 17.7 Å². The number of hydrogen-bond donors (Lipinski definition) is 2. The Morgan fingerprint density at radius 2 is 1.63 bits per heavy atom. The second kappa shape index (κ2) is 6.93. The Kier molecular flexibility index (Phi) is 4.45. The van der Waals surface area contributed by atoms with Crippen LogP contribution in [0.25, 0.3) is 10.9 Å². The molecule has 2 heterocycles. The van der Waals surface area contributed by atoms with Gasteiger partial charge in [-0.2, -0.15) is 0 Å². The van der Waals surface area contributed by atoms with Crippen LogP contribution in [0.1, 0.15) is 28.7 Å². The summed E-state index contributed by atoms with van der Waals surface area (Å²) < 4.78 is 10.6. The van der Waals surface area contributed by atoms with Crippen LogP contribution in [-0.2, 0) is 16.0 Å². The molecule has 2 aromatic carbocycles. The van der Waals surface area contributed by atoms with Crippen LogP contribution in [-0.4, -0.2) is 31.0 Å². The van der Waals surface area contributed by atoms with Crippen LogP contribution in [0, 0.1) is 5.92 Å². The quantitative estimate of drug-likeness (QED) is 0.593. The van der Waals surface area contributed by atoms with Crippen LogP contribution in [0.4, 0.5) is 0 Å². The summed E-state index contributed by atoms with van der Waals surface area (Å²) in [4.78, 5) is 29.1. The molecule has 1 fully saturated rings. The molecule has 2 amide bonds. The summed E-state index contributed by atoms with van der Waals surface area (Å²) in [5, 5.41) is 4.22. The highest BCUT2D eigenvalue weighted by Crippen LogP contribution is 2.52. The third-order valence-corrected chi connectivity index (χ3v) is 6.77. The Balaban J connectivity index is 1.73. The topological polar surface area (TPSA) is 80.4 Å². The maximum Gasteiger partial charge on any atom is 0.235 e. The highest BCUT2D eigenvalue weighted by molar-refractivity contribution is 6.36. The molecule has 30 heavy (non-hydrogen) atoms. The number of carbonyl (C=O) groups is 2. The first kappa shape index (κ1) is 19.3. The first-order chi connectivity index (χ1) is 14.4. The number of halogens is 2. The van der Waals surface area contributed by atoms with E-state index in [1.54, 1.807) is 19.2 Å². The minimum Gasteiger partial charge on any atom is -0.497 e. The molecule has 0 saturated carbocycles. The number of imide groups is 1. The van der Waals surface area contributed by atoms with E-state index < -0.39 is 11.8 Å². The molecular formula is C22H18Cl2N2O4. The van der Waals surface area contributed by atoms with E-state index in [1.165, 1.54) is 7.11 Å². The molecule has 5 rings (SSSR count). The lowest BCUT2D eigenvalue weighted by Crippen LogP contribution is -2.31. The zero-order valence-electron chi connectivity index (χ0n) is 16.2. The third kappa shape index (κ3) is 2.71. The van der Waals surface area contributed by atoms with Gasteiger partial charge in [0.1, 0.15) is 11.5 Å². The fourth-order valence-electron chi connectivity index (χ4n) is 4.88. The van der Waals surface area contributed by atoms with E-state index >= 15 is 0 Å². The minimum atomic E-state index is -0.624. The molecule has 3 atom stereocenters. The van der Waals surface area contributed by atoms with E-state index in [0.29, 0.717) is 33.5 Å². The molecule has 0 bridgehead atoms. The van der Waals surface area contributed by atoms with Crippen molar-refractivity contribution in [3.05, 3.63) is 57.2 Å². The van der Waals surface area contributed by atoms with Crippen LogP contribution in [0.3, 0.4) is 0 Å². The summed E-state index contributed by atoms with van der Waals surface area (Å²) in [7, 11) is 3.13. The van der Waals surface area contributed by atoms with Crippen LogP contribution in [0.5, 0.6) is 11.5 Å². The zero-order chi connectivity index (χ0) is 21.2. The molecule has 154 valence electrons. The second-order valence-corrected chi connectivity index (χ2v) is 8.42. The van der Waals surface area contributed by atoms with Gasteiger partial charge in [-0.3, -0.25) is 14.9 Å². The number of benzene rings is 2. The summed E-state index contributed by atoms with van der Waals surface area (Å²) in [5.74, 6) is -0.962. The lowest BCUT2D eigenvalue weighted by Gasteiger charge is -2.32. The van der Waals surface area contributed by atoms with Gasteiger partial charge in [-0.1, -0.05) is 23.2 Å². The molecule has 1 aromatic heterocycles. The number of aromatic amines is 1. The molecule has 2 N–H and O–H groups in total. The number of ether oxygens (including phenoxy) is 2. The van der Waals surface area contributed by atoms with Crippen LogP contribution in [0.2, 0.25) is 10.0 Å². The van der Waals surface area contributed by atoms with Gasteiger partial charge in [0.05, 0.1) is 26.1 Å². The molecular weight excluding hydrogens is 427 g/mol. The number of carbonyl (C=O) groups excluding carboxylic acids is 2. The second-order valence-electron chi connectivity index (χ2n) is 7.60. The van der Waals surface area contributed by atoms with Gasteiger partial charge < -0.3 is 14.5 Å². The van der Waals surface area contributed by atoms with Gasteiger partial charge in [0.15, 0.2) is 0 Å². The maximum atomic E-state index is 12.9. The molecule has 3 unspecified atom stereocenters. The summed E-state index contributed by atoms with van der Waals surface area (Å²) >= 11 is 13.1. The molecule has 3 aromatic rings. The minimum absolute atomic E-state index is 0.305. The molecule has 8 heteroatoms. The van der Waals surface area contributed by atoms with E-state index in [0.717, 1.165) is 22.2 Å². The Morgan fingerprint density at radius 3 is 2.30 bits per heavy atom. The molecule has 0 spiro atoms. The largest absolute Gasteiger partial charge is 0.497 e. The molecule has 1 saturated heterocycles. The number of nitrogens with one attached hydrogen (secondary N) is 2. The van der Waals surface area contributed by atoms with E-state index in [9.17, 15) is 9.59 Å². The lowest BCUT2D eigenvalue weighted by atomic mass is 9.69. The lowest BCUT2D eigenvalue weighted by molar-refractivity contribution is -0.126. The standard InChI is InChI=1S/C22H18Cl2N2O4/c1-29-9-3-4-15-11(5-9)18-16(25-15)8-12(19-20(18)22(28)26-21(19)27)17-13(23)6-10(30-2)7-14(17)24/h3-7,12,19-20,25H,8H2,1-2H3,(H,26,27,28). The van der Waals surface area contributed by atoms with Gasteiger partial charge in [0.2, 0.25) is 11.8 Å². The Labute approximate surface area is 182 Å². The van der Waals surface area contributed by atoms with Gasteiger partial charge in [-0.25, -0.2) is 0 Å². The Morgan fingerprint density at radius 1 is 0.933 bits per heavy atom. The number of rotatable bonds is 3. The SMILES string of the molecule is COc1cc(Cl)c(C2Cc3[nH]c4ccc(OC)cc4c3C3C(=O)NC(=O)C23)c(Cl)c1. The fraction of sp³-hybridized carbons (Fsp3) is 0.273. The molecule has 0 radical (unpaired) electrons. The first-order valence-corrected chi connectivity index (χ1v) is 10.2. The van der Waals surface area contributed by atoms with Crippen molar-refractivity contribution in [3.63, 3.8) is 0 Å². The summed E-state index contributed by atoms with van der Waals surface area (Å²) in [6.07, 6.45) is 0.500. The maximum absolute atomic E-state index is 12.9. The van der Waals surface area contributed by atoms with Crippen LogP contribution < -0.4 is 14.8 Å². The zero-order valence-corrected chi connectivity index (χ0v) is 17.7. The van der Waals surface area contributed by atoms with Gasteiger partial charge >= 0.3 is 0 Å². The fourth-order valence-corrected chi connectivity index (χ4v) is 5.62. The van der Waals surface area contributed by atoms with Crippen molar-refractivity contribution in [2.45, 2.75) is 18.3 Å². The summed E-state index contributed by atoms with van der Waals surface area (Å²) in [6.45, 7) is 0. The number of methoxy groups -OCH3 is 2. The van der Waals surface area contributed by atoms with Gasteiger partial charge in [-0.15, -0.1) is 0 Å². The monoisotopic (exact) mass is 444 g/mol. The predicted molar refractivity (Wildman–Crippen MR) is 114 cm³/mol. The van der Waals surface area contributed by atoms with Crippen molar-refractivity contribution >= 4 is 45.9 Å². The summed E-state index contributed by atoms with van der Waals surface area (Å²) in [5.41, 5.74) is 3.28. The van der Waals surface area contributed by atoms with E-state index in [2.05, 4.69) is 10.3 Å². The van der Waals surface area contributed by atoms with Crippen molar-refractivity contribution < 1.29 is 19.1 Å². The van der Waals surface area contributed by atoms with Crippen LogP contribution >= 0.6 is 23.2 Å². The third-order valence-electron chi connectivity index (χ3n) is 6.15. The molecule has 2 aliphatic rings. The van der Waals surface area contributed by atoms with Gasteiger partial charge in [0.25, 0.3) is 0 Å². The number of fused-ring (bicyclic) bond motifs is 5. The number of amides is 2. The Bertz CT molecular complexity index is 1200. The summed E-state index contributed by atoms with van der Waals surface area (Å²) in [6, 6.07) is 9.02. The van der Waals surface area contributed by atoms with Crippen molar-refractivity contribution in [1.82, 2.24) is 10.3 Å². The van der Waals surface area contributed by atoms with E-state index in [4.69, 9.17) is 32.7 Å².